The molecule has 6 nitrogen and oxygen atoms in total. The Morgan fingerprint density at radius 1 is 0.750 bits per heavy atom. The summed E-state index contributed by atoms with van der Waals surface area (Å²) in [5.74, 6) is 0. The monoisotopic (exact) mass is 617 g/mol. The normalized spacial score (nSPS) is 11.4. The molecule has 2 heterocycles. The molecule has 0 fully saturated rings. The first-order valence-corrected chi connectivity index (χ1v) is 13.4. The van der Waals surface area contributed by atoms with Crippen molar-refractivity contribution in [2.45, 2.75) is 44.0 Å². The predicted octanol–water partition coefficient (Wildman–Crippen LogP) is 1.12. The van der Waals surface area contributed by atoms with Crippen molar-refractivity contribution < 1.29 is 46.1 Å². The fourth-order valence-electron chi connectivity index (χ4n) is 4.53. The molecule has 8 heteroatoms. The van der Waals surface area contributed by atoms with Crippen LogP contribution in [0.1, 0.15) is 31.2 Å². The molecule has 3 aromatic carbocycles. The summed E-state index contributed by atoms with van der Waals surface area (Å²) in [5.41, 5.74) is 6.50. The highest BCUT2D eigenvalue weighted by Crippen LogP contribution is 2.32. The highest BCUT2D eigenvalue weighted by molar-refractivity contribution is 7.85. The summed E-state index contributed by atoms with van der Waals surface area (Å²) in [6.07, 6.45) is 13.9. The summed E-state index contributed by atoms with van der Waals surface area (Å²) in [6, 6.07) is 14.8. The summed E-state index contributed by atoms with van der Waals surface area (Å²) in [7, 11) is -2.18. The van der Waals surface area contributed by atoms with E-state index in [2.05, 4.69) is 65.2 Å². The molecule has 0 saturated heterocycles. The zero-order valence-electron chi connectivity index (χ0n) is 20.7. The van der Waals surface area contributed by atoms with Gasteiger partial charge in [0.25, 0.3) is 0 Å². The zero-order chi connectivity index (χ0) is 25.0. The molecule has 36 heavy (non-hydrogen) atoms. The van der Waals surface area contributed by atoms with Crippen molar-refractivity contribution in [2.75, 3.05) is 6.54 Å². The molecule has 0 unspecified atom stereocenters. The second-order valence-corrected chi connectivity index (χ2v) is 10.5. The topological polar surface area (TPSA) is 91.0 Å². The van der Waals surface area contributed by atoms with Gasteiger partial charge in [-0.05, 0) is 62.7 Å². The zero-order valence-corrected chi connectivity index (χ0v) is 23.6. The number of unbranched alkanes of at least 4 members (excludes halogenated alkanes) is 3. The molecular formula is C28H32IN3O3S. The van der Waals surface area contributed by atoms with E-state index in [-0.39, 0.29) is 28.9 Å². The fraction of sp³-hybridized carbons (Fsp3) is 0.286. The van der Waals surface area contributed by atoms with E-state index < -0.39 is 10.1 Å². The van der Waals surface area contributed by atoms with Gasteiger partial charge in [0.1, 0.15) is 23.7 Å². The van der Waals surface area contributed by atoms with Crippen LogP contribution in [0.2, 0.25) is 0 Å². The van der Waals surface area contributed by atoms with E-state index in [0.29, 0.717) is 0 Å². The van der Waals surface area contributed by atoms with Crippen molar-refractivity contribution in [3.05, 3.63) is 78.9 Å². The molecule has 5 rings (SSSR count). The lowest BCUT2D eigenvalue weighted by molar-refractivity contribution is -0.695. The summed E-state index contributed by atoms with van der Waals surface area (Å²) < 4.78 is 35.7. The van der Waals surface area contributed by atoms with E-state index in [1.165, 1.54) is 63.7 Å². The Morgan fingerprint density at radius 2 is 1.22 bits per heavy atom. The van der Waals surface area contributed by atoms with Crippen molar-refractivity contribution in [3.63, 3.8) is 0 Å². The van der Waals surface area contributed by atoms with Gasteiger partial charge in [0.15, 0.2) is 24.8 Å². The second-order valence-electron chi connectivity index (χ2n) is 9.13. The molecule has 0 aliphatic rings. The minimum atomic E-state index is -4.27. The lowest BCUT2D eigenvalue weighted by atomic mass is 9.97. The van der Waals surface area contributed by atoms with Crippen LogP contribution in [0.5, 0.6) is 0 Å². The number of rotatable bonds is 7. The quantitative estimate of drug-likeness (QED) is 0.0975. The number of aryl methyl sites for hydroxylation is 3. The molecule has 0 bridgehead atoms. The third kappa shape index (κ3) is 6.67. The molecule has 5 aromatic rings. The Hall–Kier alpha value is -2.40. The van der Waals surface area contributed by atoms with Crippen LogP contribution in [0.15, 0.2) is 78.2 Å². The van der Waals surface area contributed by atoms with Crippen LogP contribution in [0.25, 0.3) is 32.3 Å². The number of halogens is 1. The van der Waals surface area contributed by atoms with Crippen LogP contribution in [-0.2, 0) is 23.7 Å². The molecule has 190 valence electrons. The van der Waals surface area contributed by atoms with Crippen molar-refractivity contribution >= 4 is 42.4 Å². The Balaban J connectivity index is 0.000000256. The molecule has 0 aliphatic heterocycles. The van der Waals surface area contributed by atoms with Crippen LogP contribution < -0.4 is 38.8 Å². The molecule has 0 amide bonds. The van der Waals surface area contributed by atoms with Crippen LogP contribution in [0.4, 0.5) is 0 Å². The van der Waals surface area contributed by atoms with Gasteiger partial charge in [0.05, 0.1) is 4.90 Å². The number of hydrogen-bond donors (Lipinski definition) is 1. The van der Waals surface area contributed by atoms with Crippen molar-refractivity contribution in [3.8, 4) is 0 Å². The van der Waals surface area contributed by atoms with Gasteiger partial charge in [0, 0.05) is 38.7 Å². The summed E-state index contributed by atoms with van der Waals surface area (Å²) in [6.45, 7) is 3.71. The predicted molar refractivity (Wildman–Crippen MR) is 138 cm³/mol. The average molecular weight is 618 g/mol. The maximum absolute atomic E-state index is 10.4. The largest absolute Gasteiger partial charge is 1.00 e. The summed E-state index contributed by atoms with van der Waals surface area (Å²) in [5, 5.41) is 8.08. The number of nitrogens with two attached hydrogens (primary N) is 1. The Morgan fingerprint density at radius 3 is 1.69 bits per heavy atom. The SMILES string of the molecule is C[n+]1cc2ccc3c[n+](CCCCCCN)cc4ccc(c1)c2c34.Cc1ccc(S(=O)(=O)[O-])cc1.[I-]. The third-order valence-electron chi connectivity index (χ3n) is 6.26. The maximum Gasteiger partial charge on any atom is 0.176 e. The van der Waals surface area contributed by atoms with Crippen molar-refractivity contribution in [1.29, 1.82) is 0 Å². The second kappa shape index (κ2) is 12.2. The molecule has 0 spiro atoms. The summed E-state index contributed by atoms with van der Waals surface area (Å²) >= 11 is 0. The van der Waals surface area contributed by atoms with Crippen molar-refractivity contribution in [2.24, 2.45) is 12.8 Å². The van der Waals surface area contributed by atoms with Crippen molar-refractivity contribution in [1.82, 2.24) is 0 Å². The van der Waals surface area contributed by atoms with E-state index in [1.54, 1.807) is 12.1 Å². The van der Waals surface area contributed by atoms with Gasteiger partial charge in [-0.15, -0.1) is 0 Å². The highest BCUT2D eigenvalue weighted by Gasteiger charge is 2.15. The van der Waals surface area contributed by atoms with E-state index >= 15 is 0 Å². The highest BCUT2D eigenvalue weighted by atomic mass is 127. The van der Waals surface area contributed by atoms with Gasteiger partial charge in [-0.2, -0.15) is 0 Å². The van der Waals surface area contributed by atoms with E-state index in [0.717, 1.165) is 25.1 Å². The average Bonchev–Trinajstić information content (AvgIpc) is 2.82. The van der Waals surface area contributed by atoms with Crippen LogP contribution >= 0.6 is 0 Å². The lowest BCUT2D eigenvalue weighted by Gasteiger charge is -2.08. The first-order chi connectivity index (χ1) is 16.8. The van der Waals surface area contributed by atoms with E-state index in [9.17, 15) is 13.0 Å². The molecule has 0 saturated carbocycles. The third-order valence-corrected chi connectivity index (χ3v) is 7.11. The van der Waals surface area contributed by atoms with E-state index in [4.69, 9.17) is 5.73 Å². The van der Waals surface area contributed by atoms with Crippen LogP contribution in [0, 0.1) is 6.92 Å². The number of nitrogens with zero attached hydrogens (tertiary/aromatic N) is 2. The molecule has 0 atom stereocenters. The first-order valence-electron chi connectivity index (χ1n) is 12.0. The summed E-state index contributed by atoms with van der Waals surface area (Å²) in [4.78, 5) is -0.178. The first kappa shape index (κ1) is 28.2. The molecule has 0 aliphatic carbocycles. The Kier molecular flexibility index (Phi) is 9.57. The van der Waals surface area contributed by atoms with Gasteiger partial charge in [0.2, 0.25) is 0 Å². The van der Waals surface area contributed by atoms with Crippen LogP contribution in [-0.4, -0.2) is 19.5 Å². The van der Waals surface area contributed by atoms with Gasteiger partial charge in [-0.25, -0.2) is 17.6 Å². The van der Waals surface area contributed by atoms with Gasteiger partial charge >= 0.3 is 0 Å². The fourth-order valence-corrected chi connectivity index (χ4v) is 5.00. The molecule has 2 aromatic heterocycles. The minimum Gasteiger partial charge on any atom is -1.00 e. The standard InChI is InChI=1S/C21H25N3.C7H8O3S.HI/c1-23-12-16-6-8-18-14-24(11-5-3-2-4-10-22)15-19-9-7-17(13-23)20(16)21(18)19;1-6-2-4-7(5-3-6)11(8,9)10;/h6-9,12-15H,2-5,10-11,22H2,1H3;2-5H,1H3,(H,8,9,10);1H/q+2;;/p-2. The van der Waals surface area contributed by atoms with Gasteiger partial charge < -0.3 is 34.3 Å². The smallest absolute Gasteiger partial charge is 0.176 e. The van der Waals surface area contributed by atoms with Gasteiger partial charge in [-0.1, -0.05) is 24.1 Å². The number of hydrogen-bond acceptors (Lipinski definition) is 4. The number of pyridine rings is 2. The van der Waals surface area contributed by atoms with E-state index in [1.807, 2.05) is 6.92 Å². The lowest BCUT2D eigenvalue weighted by Crippen LogP contribution is -3.00. The number of benzene rings is 3. The Bertz CT molecular complexity index is 1490. The minimum absolute atomic E-state index is 0. The maximum atomic E-state index is 10.4. The number of aromatic nitrogens is 2. The Labute approximate surface area is 229 Å². The molecule has 2 N–H and O–H groups in total. The van der Waals surface area contributed by atoms with Crippen LogP contribution in [0.3, 0.4) is 0 Å². The van der Waals surface area contributed by atoms with Gasteiger partial charge in [-0.3, -0.25) is 0 Å². The molecular weight excluding hydrogens is 585 g/mol. The molecule has 0 radical (unpaired) electrons.